The van der Waals surface area contributed by atoms with Gasteiger partial charge in [0, 0.05) is 18.3 Å². The second-order valence-corrected chi connectivity index (χ2v) is 4.74. The molecule has 0 amide bonds. The van der Waals surface area contributed by atoms with Crippen LogP contribution >= 0.6 is 23.2 Å². The lowest BCUT2D eigenvalue weighted by Crippen LogP contribution is -1.92. The highest BCUT2D eigenvalue weighted by atomic mass is 35.5. The largest absolute Gasteiger partial charge is 0.272 e. The Morgan fingerprint density at radius 2 is 1.82 bits per heavy atom. The highest BCUT2D eigenvalue weighted by molar-refractivity contribution is 6.36. The van der Waals surface area contributed by atoms with Gasteiger partial charge in [-0.1, -0.05) is 23.2 Å². The van der Waals surface area contributed by atoms with E-state index < -0.39 is 5.82 Å². The molecule has 2 rings (SSSR count). The van der Waals surface area contributed by atoms with Gasteiger partial charge in [0.2, 0.25) is 0 Å². The Hall–Kier alpha value is -1.06. The van der Waals surface area contributed by atoms with Crippen molar-refractivity contribution in [1.82, 2.24) is 9.78 Å². The second-order valence-electron chi connectivity index (χ2n) is 3.93. The van der Waals surface area contributed by atoms with Crippen LogP contribution in [0.3, 0.4) is 0 Å². The molecule has 0 bridgehead atoms. The van der Waals surface area contributed by atoms with Gasteiger partial charge in [-0.15, -0.1) is 0 Å². The van der Waals surface area contributed by atoms with E-state index >= 15 is 0 Å². The Morgan fingerprint density at radius 1 is 1.18 bits per heavy atom. The highest BCUT2D eigenvalue weighted by Crippen LogP contribution is 2.33. The van der Waals surface area contributed by atoms with E-state index in [1.165, 1.54) is 12.1 Å². The van der Waals surface area contributed by atoms with Crippen LogP contribution in [0.1, 0.15) is 11.3 Å². The van der Waals surface area contributed by atoms with Crippen LogP contribution in [0, 0.1) is 19.7 Å². The summed E-state index contributed by atoms with van der Waals surface area (Å²) in [7, 11) is 1.84. The molecule has 1 aromatic carbocycles. The molecule has 90 valence electrons. The normalized spacial score (nSPS) is 10.9. The number of nitrogens with zero attached hydrogens (tertiary/aromatic N) is 2. The van der Waals surface area contributed by atoms with Gasteiger partial charge in [-0.25, -0.2) is 4.39 Å². The minimum Gasteiger partial charge on any atom is -0.272 e. The van der Waals surface area contributed by atoms with E-state index in [1.807, 2.05) is 20.9 Å². The Morgan fingerprint density at radius 3 is 2.35 bits per heavy atom. The molecule has 0 saturated heterocycles. The van der Waals surface area contributed by atoms with Crippen molar-refractivity contribution in [3.8, 4) is 11.3 Å². The summed E-state index contributed by atoms with van der Waals surface area (Å²) < 4.78 is 15.2. The van der Waals surface area contributed by atoms with E-state index in [-0.39, 0.29) is 5.02 Å². The fraction of sp³-hybridized carbons (Fsp3) is 0.250. The number of rotatable bonds is 1. The van der Waals surface area contributed by atoms with Crippen molar-refractivity contribution < 1.29 is 4.39 Å². The number of hydrogen-bond acceptors (Lipinski definition) is 1. The van der Waals surface area contributed by atoms with Crippen LogP contribution in [0.4, 0.5) is 4.39 Å². The van der Waals surface area contributed by atoms with Crippen LogP contribution < -0.4 is 0 Å². The van der Waals surface area contributed by atoms with E-state index in [2.05, 4.69) is 5.10 Å². The Balaban J connectivity index is 2.68. The van der Waals surface area contributed by atoms with Crippen molar-refractivity contribution in [3.63, 3.8) is 0 Å². The molecule has 0 aliphatic carbocycles. The lowest BCUT2D eigenvalue weighted by Gasteiger charge is -2.04. The molecule has 0 saturated carbocycles. The third-order valence-electron chi connectivity index (χ3n) is 2.90. The molecule has 1 aromatic heterocycles. The van der Waals surface area contributed by atoms with Crippen molar-refractivity contribution >= 4 is 23.2 Å². The van der Waals surface area contributed by atoms with Gasteiger partial charge in [0.05, 0.1) is 15.7 Å². The van der Waals surface area contributed by atoms with Crippen LogP contribution in [0.2, 0.25) is 10.0 Å². The van der Waals surface area contributed by atoms with Gasteiger partial charge in [-0.2, -0.15) is 5.10 Å². The van der Waals surface area contributed by atoms with Gasteiger partial charge in [0.25, 0.3) is 0 Å². The van der Waals surface area contributed by atoms with Gasteiger partial charge >= 0.3 is 0 Å². The monoisotopic (exact) mass is 272 g/mol. The van der Waals surface area contributed by atoms with Crippen LogP contribution in [0.15, 0.2) is 12.1 Å². The number of aryl methyl sites for hydroxylation is 1. The fourth-order valence-corrected chi connectivity index (χ4v) is 2.15. The smallest absolute Gasteiger partial charge is 0.142 e. The molecule has 2 aromatic rings. The van der Waals surface area contributed by atoms with Crippen LogP contribution in [0.5, 0.6) is 0 Å². The zero-order valence-corrected chi connectivity index (χ0v) is 11.2. The third-order valence-corrected chi connectivity index (χ3v) is 3.50. The first-order valence-electron chi connectivity index (χ1n) is 5.07. The molecule has 0 aliphatic heterocycles. The molecule has 0 spiro atoms. The first kappa shape index (κ1) is 12.4. The lowest BCUT2D eigenvalue weighted by molar-refractivity contribution is 0.628. The summed E-state index contributed by atoms with van der Waals surface area (Å²) in [5, 5.41) is 4.75. The van der Waals surface area contributed by atoms with E-state index in [4.69, 9.17) is 23.2 Å². The summed E-state index contributed by atoms with van der Waals surface area (Å²) in [6.07, 6.45) is 0. The summed E-state index contributed by atoms with van der Waals surface area (Å²) in [5.41, 5.74) is 3.25. The summed E-state index contributed by atoms with van der Waals surface area (Å²) >= 11 is 11.7. The molecule has 2 nitrogen and oxygen atoms in total. The van der Waals surface area contributed by atoms with Crippen molar-refractivity contribution in [2.75, 3.05) is 0 Å². The maximum absolute atomic E-state index is 13.5. The van der Waals surface area contributed by atoms with Crippen molar-refractivity contribution in [3.05, 3.63) is 39.3 Å². The average Bonchev–Trinajstić information content (AvgIpc) is 2.51. The molecule has 0 fully saturated rings. The number of halogens is 3. The number of benzene rings is 1. The Labute approximate surface area is 109 Å². The molecule has 5 heteroatoms. The summed E-state index contributed by atoms with van der Waals surface area (Å²) in [4.78, 5) is 0. The van der Waals surface area contributed by atoms with Gasteiger partial charge in [-0.3, -0.25) is 4.68 Å². The quantitative estimate of drug-likeness (QED) is 0.714. The van der Waals surface area contributed by atoms with Gasteiger partial charge in [0.15, 0.2) is 0 Å². The zero-order valence-electron chi connectivity index (χ0n) is 9.68. The predicted octanol–water partition coefficient (Wildman–Crippen LogP) is 4.15. The molecule has 0 radical (unpaired) electrons. The molecule has 0 aliphatic rings. The van der Waals surface area contributed by atoms with Crippen LogP contribution in [-0.4, -0.2) is 9.78 Å². The van der Waals surface area contributed by atoms with Crippen molar-refractivity contribution in [2.45, 2.75) is 13.8 Å². The zero-order chi connectivity index (χ0) is 12.7. The average molecular weight is 273 g/mol. The maximum atomic E-state index is 13.5. The number of aromatic nitrogens is 2. The van der Waals surface area contributed by atoms with Crippen molar-refractivity contribution in [2.24, 2.45) is 7.05 Å². The summed E-state index contributed by atoms with van der Waals surface area (Å²) in [5.74, 6) is -0.492. The number of hydrogen-bond donors (Lipinski definition) is 0. The predicted molar refractivity (Wildman–Crippen MR) is 68.1 cm³/mol. The van der Waals surface area contributed by atoms with Crippen molar-refractivity contribution in [1.29, 1.82) is 0 Å². The Bertz CT molecular complexity index is 591. The van der Waals surface area contributed by atoms with Crippen LogP contribution in [-0.2, 0) is 7.05 Å². The van der Waals surface area contributed by atoms with Gasteiger partial charge in [0.1, 0.15) is 5.82 Å². The highest BCUT2D eigenvalue weighted by Gasteiger charge is 2.16. The van der Waals surface area contributed by atoms with E-state index in [0.717, 1.165) is 11.3 Å². The lowest BCUT2D eigenvalue weighted by atomic mass is 10.1. The maximum Gasteiger partial charge on any atom is 0.142 e. The Kier molecular flexibility index (Phi) is 3.15. The standard InChI is InChI=1S/C12H11Cl2FN2/c1-6-7(2)17(3)16-12(6)8-4-11(15)10(14)5-9(8)13/h4-5H,1-3H3. The van der Waals surface area contributed by atoms with E-state index in [9.17, 15) is 4.39 Å². The minimum absolute atomic E-state index is 0.0176. The summed E-state index contributed by atoms with van der Waals surface area (Å²) in [6, 6.07) is 2.72. The molecule has 0 N–H and O–H groups in total. The van der Waals surface area contributed by atoms with Gasteiger partial charge in [-0.05, 0) is 31.5 Å². The molecule has 0 unspecified atom stereocenters. The van der Waals surface area contributed by atoms with Crippen LogP contribution in [0.25, 0.3) is 11.3 Å². The third kappa shape index (κ3) is 2.05. The SMILES string of the molecule is Cc1c(-c2cc(F)c(Cl)cc2Cl)nn(C)c1C. The topological polar surface area (TPSA) is 17.8 Å². The van der Waals surface area contributed by atoms with E-state index in [1.54, 1.807) is 4.68 Å². The molecule has 1 heterocycles. The first-order valence-corrected chi connectivity index (χ1v) is 5.82. The second kappa shape index (κ2) is 4.31. The first-order chi connectivity index (χ1) is 7.91. The fourth-order valence-electron chi connectivity index (χ4n) is 1.67. The molecule has 17 heavy (non-hydrogen) atoms. The van der Waals surface area contributed by atoms with E-state index in [0.29, 0.717) is 16.3 Å². The van der Waals surface area contributed by atoms with Gasteiger partial charge < -0.3 is 0 Å². The molecule has 0 atom stereocenters. The summed E-state index contributed by atoms with van der Waals surface area (Å²) in [6.45, 7) is 3.88. The molecular formula is C12H11Cl2FN2. The minimum atomic E-state index is -0.492. The molecular weight excluding hydrogens is 262 g/mol.